The molecule has 0 spiro atoms. The second kappa shape index (κ2) is 7.31. The van der Waals surface area contributed by atoms with E-state index in [1.807, 2.05) is 0 Å². The van der Waals surface area contributed by atoms with Gasteiger partial charge in [-0.1, -0.05) is 29.8 Å². The topological polar surface area (TPSA) is 95.0 Å². The highest BCUT2D eigenvalue weighted by atomic mass is 79.9. The van der Waals surface area contributed by atoms with E-state index in [1.165, 1.54) is 19.9 Å². The maximum atomic E-state index is 14.0. The van der Waals surface area contributed by atoms with Gasteiger partial charge in [0.2, 0.25) is 0 Å². The first kappa shape index (κ1) is 18.0. The summed E-state index contributed by atoms with van der Waals surface area (Å²) >= 11 is 3.13. The first-order valence-electron chi connectivity index (χ1n) is 6.47. The number of azo groups is 1. The molecule has 1 atom stereocenters. The van der Waals surface area contributed by atoms with Crippen molar-refractivity contribution in [1.29, 1.82) is 5.26 Å². The molecule has 1 N–H and O–H groups in total. The number of rotatable bonds is 6. The van der Waals surface area contributed by atoms with Crippen molar-refractivity contribution in [2.24, 2.45) is 16.1 Å². The van der Waals surface area contributed by atoms with Gasteiger partial charge in [0.25, 0.3) is 5.54 Å². The summed E-state index contributed by atoms with van der Waals surface area (Å²) in [4.78, 5) is 11.4. The van der Waals surface area contributed by atoms with Crippen LogP contribution in [0.3, 0.4) is 0 Å². The van der Waals surface area contributed by atoms with Gasteiger partial charge in [0.05, 0.1) is 6.61 Å². The van der Waals surface area contributed by atoms with Crippen molar-refractivity contribution < 1.29 is 19.0 Å². The summed E-state index contributed by atoms with van der Waals surface area (Å²) in [5.74, 6) is -2.71. The van der Waals surface area contributed by atoms with Gasteiger partial charge in [0.15, 0.2) is 17.3 Å². The average Bonchev–Trinajstić information content (AvgIpc) is 2.41. The number of halogens is 2. The molecule has 1 aromatic rings. The molecule has 0 saturated heterocycles. The third-order valence-corrected chi connectivity index (χ3v) is 3.39. The fourth-order valence-corrected chi connectivity index (χ4v) is 2.05. The number of ether oxygens (including phenoxy) is 1. The highest BCUT2D eigenvalue weighted by molar-refractivity contribution is 9.10. The van der Waals surface area contributed by atoms with Crippen LogP contribution in [0.25, 0.3) is 0 Å². The Morgan fingerprint density at radius 2 is 2.23 bits per heavy atom. The van der Waals surface area contributed by atoms with E-state index in [9.17, 15) is 14.3 Å². The number of carboxylic acids is 1. The molecule has 0 radical (unpaired) electrons. The van der Waals surface area contributed by atoms with Gasteiger partial charge in [-0.05, 0) is 19.1 Å². The van der Waals surface area contributed by atoms with Crippen molar-refractivity contribution in [1.82, 2.24) is 0 Å². The normalized spacial score (nSPS) is 13.9. The van der Waals surface area contributed by atoms with Crippen LogP contribution in [0.2, 0.25) is 0 Å². The molecule has 6 nitrogen and oxygen atoms in total. The van der Waals surface area contributed by atoms with Crippen molar-refractivity contribution in [3.05, 3.63) is 22.4 Å². The number of hydrogen-bond donors (Lipinski definition) is 1. The van der Waals surface area contributed by atoms with E-state index >= 15 is 0 Å². The van der Waals surface area contributed by atoms with Crippen molar-refractivity contribution >= 4 is 27.6 Å². The summed E-state index contributed by atoms with van der Waals surface area (Å²) < 4.78 is 19.7. The van der Waals surface area contributed by atoms with Gasteiger partial charge in [-0.3, -0.25) is 0 Å². The van der Waals surface area contributed by atoms with E-state index in [0.29, 0.717) is 4.47 Å². The van der Waals surface area contributed by atoms with E-state index in [0.717, 1.165) is 6.07 Å². The number of benzene rings is 1. The van der Waals surface area contributed by atoms with E-state index < -0.39 is 23.2 Å². The maximum absolute atomic E-state index is 14.0. The smallest absolute Gasteiger partial charge is 0.348 e. The molecule has 0 aliphatic heterocycles. The van der Waals surface area contributed by atoms with Gasteiger partial charge >= 0.3 is 5.97 Å². The molecule has 0 bridgehead atoms. The van der Waals surface area contributed by atoms with Crippen LogP contribution >= 0.6 is 15.9 Å². The molecule has 0 aliphatic carbocycles. The fraction of sp³-hybridized carbons (Fsp3) is 0.429. The van der Waals surface area contributed by atoms with E-state index in [-0.39, 0.29) is 18.0 Å². The van der Waals surface area contributed by atoms with Crippen molar-refractivity contribution in [3.63, 3.8) is 0 Å². The average molecular weight is 372 g/mol. The Hall–Kier alpha value is -2.01. The maximum Gasteiger partial charge on any atom is 0.348 e. The molecular formula is C14H15BrFN3O3. The lowest BCUT2D eigenvalue weighted by atomic mass is 9.89. The Morgan fingerprint density at radius 1 is 1.59 bits per heavy atom. The molecule has 0 aliphatic rings. The van der Waals surface area contributed by atoms with E-state index in [1.54, 1.807) is 13.0 Å². The summed E-state index contributed by atoms with van der Waals surface area (Å²) in [6.07, 6.45) is 0. The third kappa shape index (κ3) is 3.60. The van der Waals surface area contributed by atoms with Gasteiger partial charge in [-0.25, -0.2) is 9.18 Å². The Labute approximate surface area is 135 Å². The van der Waals surface area contributed by atoms with Crippen LogP contribution in [0.15, 0.2) is 26.8 Å². The van der Waals surface area contributed by atoms with E-state index in [2.05, 4.69) is 26.2 Å². The van der Waals surface area contributed by atoms with Crippen LogP contribution in [0.1, 0.15) is 20.8 Å². The summed E-state index contributed by atoms with van der Waals surface area (Å²) in [6.45, 7) is 5.03. The van der Waals surface area contributed by atoms with Crippen LogP contribution in [0, 0.1) is 23.1 Å². The van der Waals surface area contributed by atoms with Crippen LogP contribution in [0.4, 0.5) is 10.1 Å². The Balaban J connectivity index is 3.39. The standard InChI is InChI=1S/C14H15BrFN3O3/c1-4-22-11-6-9(15)5-10(16)12(11)18-19-14(7-17,8(2)3)13(20)21/h5-6,8H,4H2,1-3H3,(H,20,21)/b19-18+. The third-order valence-electron chi connectivity index (χ3n) is 2.93. The quantitative estimate of drug-likeness (QED) is 0.762. The summed E-state index contributed by atoms with van der Waals surface area (Å²) in [5.41, 5.74) is -2.32. The lowest BCUT2D eigenvalue weighted by Gasteiger charge is -2.19. The number of carboxylic acid groups (broad SMARTS) is 1. The van der Waals surface area contributed by atoms with Crippen LogP contribution in [-0.4, -0.2) is 23.2 Å². The molecule has 0 saturated carbocycles. The predicted molar refractivity (Wildman–Crippen MR) is 80.6 cm³/mol. The van der Waals surface area contributed by atoms with Gasteiger partial charge in [0.1, 0.15) is 6.07 Å². The second-order valence-electron chi connectivity index (χ2n) is 4.71. The second-order valence-corrected chi connectivity index (χ2v) is 5.62. The molecule has 0 aromatic heterocycles. The molecule has 1 unspecified atom stereocenters. The van der Waals surface area contributed by atoms with Crippen LogP contribution in [0.5, 0.6) is 5.75 Å². The molecule has 1 rings (SSSR count). The van der Waals surface area contributed by atoms with Crippen LogP contribution in [-0.2, 0) is 4.79 Å². The first-order chi connectivity index (χ1) is 10.3. The molecule has 118 valence electrons. The van der Waals surface area contributed by atoms with Crippen molar-refractivity contribution in [2.45, 2.75) is 26.3 Å². The highest BCUT2D eigenvalue weighted by Gasteiger charge is 2.43. The fourth-order valence-electron chi connectivity index (χ4n) is 1.64. The zero-order valence-corrected chi connectivity index (χ0v) is 13.9. The van der Waals surface area contributed by atoms with Crippen molar-refractivity contribution in [2.75, 3.05) is 6.61 Å². The zero-order chi connectivity index (χ0) is 16.9. The molecule has 0 fully saturated rings. The van der Waals surface area contributed by atoms with Gasteiger partial charge < -0.3 is 9.84 Å². The molecule has 22 heavy (non-hydrogen) atoms. The van der Waals surface area contributed by atoms with Crippen molar-refractivity contribution in [3.8, 4) is 11.8 Å². The molecular weight excluding hydrogens is 357 g/mol. The minimum absolute atomic E-state index is 0.110. The monoisotopic (exact) mass is 371 g/mol. The number of carbonyl (C=O) groups is 1. The number of nitriles is 1. The largest absolute Gasteiger partial charge is 0.491 e. The summed E-state index contributed by atoms with van der Waals surface area (Å²) in [7, 11) is 0. The number of hydrogen-bond acceptors (Lipinski definition) is 5. The molecule has 8 heteroatoms. The number of nitrogens with zero attached hydrogens (tertiary/aromatic N) is 3. The highest BCUT2D eigenvalue weighted by Crippen LogP contribution is 2.36. The molecule has 1 aromatic carbocycles. The zero-order valence-electron chi connectivity index (χ0n) is 12.3. The molecule has 0 amide bonds. The first-order valence-corrected chi connectivity index (χ1v) is 7.27. The van der Waals surface area contributed by atoms with Crippen LogP contribution < -0.4 is 4.74 Å². The number of aliphatic carboxylic acids is 1. The predicted octanol–water partition coefficient (Wildman–Crippen LogP) is 4.07. The minimum atomic E-state index is -2.08. The van der Waals surface area contributed by atoms with Gasteiger partial charge in [-0.2, -0.15) is 10.4 Å². The van der Waals surface area contributed by atoms with E-state index in [4.69, 9.17) is 10.00 Å². The SMILES string of the molecule is CCOc1cc(Br)cc(F)c1/N=N/C(C#N)(C(=O)O)C(C)C. The Bertz CT molecular complexity index is 643. The lowest BCUT2D eigenvalue weighted by molar-refractivity contribution is -0.142. The Morgan fingerprint density at radius 3 is 2.68 bits per heavy atom. The summed E-state index contributed by atoms with van der Waals surface area (Å²) in [6, 6.07) is 4.28. The summed E-state index contributed by atoms with van der Waals surface area (Å²) in [5, 5.41) is 25.7. The Kier molecular flexibility index (Phi) is 6.00. The lowest BCUT2D eigenvalue weighted by Crippen LogP contribution is -2.40. The minimum Gasteiger partial charge on any atom is -0.491 e. The van der Waals surface area contributed by atoms with Gasteiger partial charge in [-0.15, -0.1) is 5.11 Å². The molecule has 0 heterocycles. The van der Waals surface area contributed by atoms with Gasteiger partial charge in [0, 0.05) is 10.4 Å².